The van der Waals surface area contributed by atoms with Crippen LogP contribution >= 0.6 is 0 Å². The summed E-state index contributed by atoms with van der Waals surface area (Å²) >= 11 is 0. The van der Waals surface area contributed by atoms with Gasteiger partial charge in [-0.15, -0.1) is 0 Å². The van der Waals surface area contributed by atoms with Crippen LogP contribution in [0.5, 0.6) is 0 Å². The Kier molecular flexibility index (Phi) is 4.76. The fraction of sp³-hybridized carbons (Fsp3) is 0.588. The second-order valence-corrected chi connectivity index (χ2v) is 5.88. The first kappa shape index (κ1) is 15.7. The molecule has 0 spiro atoms. The monoisotopic (exact) mass is 290 g/mol. The van der Waals surface area contributed by atoms with Crippen molar-refractivity contribution in [3.63, 3.8) is 0 Å². The van der Waals surface area contributed by atoms with Crippen LogP contribution in [0.25, 0.3) is 0 Å². The van der Waals surface area contributed by atoms with Crippen LogP contribution in [0.4, 0.5) is 11.4 Å². The molecule has 0 atom stereocenters. The average Bonchev–Trinajstić information content (AvgIpc) is 2.92. The van der Waals surface area contributed by atoms with Gasteiger partial charge in [0, 0.05) is 18.8 Å². The fourth-order valence-electron chi connectivity index (χ4n) is 3.17. The molecule has 1 fully saturated rings. The predicted octanol–water partition coefficient (Wildman–Crippen LogP) is 3.46. The van der Waals surface area contributed by atoms with Crippen molar-refractivity contribution in [1.29, 1.82) is 0 Å². The minimum Gasteiger partial charge on any atom is -0.462 e. The molecule has 0 radical (unpaired) electrons. The summed E-state index contributed by atoms with van der Waals surface area (Å²) in [5.74, 6) is -0.287. The molecular weight excluding hydrogens is 264 g/mol. The molecule has 1 aromatic rings. The summed E-state index contributed by atoms with van der Waals surface area (Å²) in [6.07, 6.45) is 3.51. The molecule has 2 N–H and O–H groups in total. The molecule has 1 heterocycles. The number of carbonyl (C=O) groups is 1. The summed E-state index contributed by atoms with van der Waals surface area (Å²) in [4.78, 5) is 14.5. The average molecular weight is 290 g/mol. The van der Waals surface area contributed by atoms with Crippen LogP contribution < -0.4 is 10.6 Å². The van der Waals surface area contributed by atoms with Gasteiger partial charge in [0.25, 0.3) is 0 Å². The zero-order chi connectivity index (χ0) is 15.5. The Morgan fingerprint density at radius 2 is 2.05 bits per heavy atom. The smallest absolute Gasteiger partial charge is 0.340 e. The second-order valence-electron chi connectivity index (χ2n) is 5.88. The molecule has 1 saturated heterocycles. The fourth-order valence-corrected chi connectivity index (χ4v) is 3.17. The van der Waals surface area contributed by atoms with Crippen LogP contribution in [0.15, 0.2) is 18.2 Å². The van der Waals surface area contributed by atoms with E-state index < -0.39 is 0 Å². The van der Waals surface area contributed by atoms with Crippen molar-refractivity contribution >= 4 is 17.3 Å². The lowest BCUT2D eigenvalue weighted by atomic mass is 9.82. The minimum absolute atomic E-state index is 0.287. The van der Waals surface area contributed by atoms with Gasteiger partial charge in [0.1, 0.15) is 0 Å². The first-order valence-electron chi connectivity index (χ1n) is 7.87. The number of nitrogen functional groups attached to an aromatic ring is 1. The first-order valence-corrected chi connectivity index (χ1v) is 7.87. The number of carbonyl (C=O) groups excluding carboxylic acids is 1. The molecular formula is C17H26N2O2. The van der Waals surface area contributed by atoms with Crippen LogP contribution in [0.2, 0.25) is 0 Å². The second kappa shape index (κ2) is 6.37. The van der Waals surface area contributed by atoms with Crippen LogP contribution in [0.3, 0.4) is 0 Å². The van der Waals surface area contributed by atoms with Gasteiger partial charge in [-0.3, -0.25) is 0 Å². The number of hydrogen-bond donors (Lipinski definition) is 1. The number of benzene rings is 1. The molecule has 1 aliphatic rings. The Morgan fingerprint density at radius 1 is 1.33 bits per heavy atom. The van der Waals surface area contributed by atoms with Crippen molar-refractivity contribution in [2.24, 2.45) is 5.41 Å². The lowest BCUT2D eigenvalue weighted by Crippen LogP contribution is -2.27. The van der Waals surface area contributed by atoms with E-state index in [0.29, 0.717) is 23.3 Å². The topological polar surface area (TPSA) is 55.6 Å². The van der Waals surface area contributed by atoms with Gasteiger partial charge in [-0.05, 0) is 49.8 Å². The Morgan fingerprint density at radius 3 is 2.62 bits per heavy atom. The number of rotatable bonds is 5. The Labute approximate surface area is 127 Å². The van der Waals surface area contributed by atoms with E-state index in [9.17, 15) is 4.79 Å². The standard InChI is InChI=1S/C17H26N2O2/c1-4-17(5-2)9-10-19(12-17)15-8-7-13(18)11-14(15)16(20)21-6-3/h7-8,11H,4-6,9-10,12,18H2,1-3H3. The molecule has 0 aromatic heterocycles. The summed E-state index contributed by atoms with van der Waals surface area (Å²) in [5, 5.41) is 0. The van der Waals surface area contributed by atoms with Gasteiger partial charge < -0.3 is 15.4 Å². The van der Waals surface area contributed by atoms with Gasteiger partial charge in [-0.1, -0.05) is 13.8 Å². The highest BCUT2D eigenvalue weighted by Crippen LogP contribution is 2.40. The minimum atomic E-state index is -0.287. The number of hydrogen-bond acceptors (Lipinski definition) is 4. The van der Waals surface area contributed by atoms with E-state index in [1.165, 1.54) is 19.3 Å². The first-order chi connectivity index (χ1) is 10.0. The SMILES string of the molecule is CCOC(=O)c1cc(N)ccc1N1CCC(CC)(CC)C1. The molecule has 0 unspecified atom stereocenters. The summed E-state index contributed by atoms with van der Waals surface area (Å²) in [5.41, 5.74) is 8.34. The van der Waals surface area contributed by atoms with Crippen molar-refractivity contribution in [3.8, 4) is 0 Å². The van der Waals surface area contributed by atoms with Crippen LogP contribution in [-0.2, 0) is 4.74 Å². The molecule has 0 aliphatic carbocycles. The molecule has 4 nitrogen and oxygen atoms in total. The molecule has 116 valence electrons. The van der Waals surface area contributed by atoms with E-state index in [2.05, 4.69) is 18.7 Å². The third-order valence-electron chi connectivity index (χ3n) is 4.79. The Balaban J connectivity index is 2.30. The normalized spacial score (nSPS) is 17.0. The Bertz CT molecular complexity index is 510. The number of nitrogens with two attached hydrogens (primary N) is 1. The molecule has 4 heteroatoms. The highest BCUT2D eigenvalue weighted by Gasteiger charge is 2.36. The molecule has 2 rings (SSSR count). The molecule has 1 aromatic carbocycles. The number of ether oxygens (including phenoxy) is 1. The largest absolute Gasteiger partial charge is 0.462 e. The van der Waals surface area contributed by atoms with Crippen LogP contribution in [-0.4, -0.2) is 25.7 Å². The highest BCUT2D eigenvalue weighted by atomic mass is 16.5. The molecule has 21 heavy (non-hydrogen) atoms. The number of nitrogens with zero attached hydrogens (tertiary/aromatic N) is 1. The van der Waals surface area contributed by atoms with Gasteiger partial charge in [0.15, 0.2) is 0 Å². The van der Waals surface area contributed by atoms with Gasteiger partial charge in [0.05, 0.1) is 17.9 Å². The van der Waals surface area contributed by atoms with Crippen LogP contribution in [0.1, 0.15) is 50.4 Å². The van der Waals surface area contributed by atoms with Gasteiger partial charge in [-0.2, -0.15) is 0 Å². The lowest BCUT2D eigenvalue weighted by Gasteiger charge is -2.28. The highest BCUT2D eigenvalue weighted by molar-refractivity contribution is 5.97. The summed E-state index contributed by atoms with van der Waals surface area (Å²) < 4.78 is 5.17. The zero-order valence-electron chi connectivity index (χ0n) is 13.3. The maximum atomic E-state index is 12.2. The molecule has 0 bridgehead atoms. The van der Waals surface area contributed by atoms with Gasteiger partial charge in [0.2, 0.25) is 0 Å². The number of anilines is 2. The summed E-state index contributed by atoms with van der Waals surface area (Å²) in [6, 6.07) is 5.53. The Hall–Kier alpha value is -1.71. The molecule has 0 amide bonds. The predicted molar refractivity (Wildman–Crippen MR) is 86.7 cm³/mol. The lowest BCUT2D eigenvalue weighted by molar-refractivity contribution is 0.0527. The molecule has 1 aliphatic heterocycles. The quantitative estimate of drug-likeness (QED) is 0.666. The maximum absolute atomic E-state index is 12.2. The van der Waals surface area contributed by atoms with Crippen molar-refractivity contribution in [1.82, 2.24) is 0 Å². The van der Waals surface area contributed by atoms with Crippen molar-refractivity contribution in [3.05, 3.63) is 23.8 Å². The maximum Gasteiger partial charge on any atom is 0.340 e. The third kappa shape index (κ3) is 3.14. The number of esters is 1. The summed E-state index contributed by atoms with van der Waals surface area (Å²) in [6.45, 7) is 8.68. The van der Waals surface area contributed by atoms with E-state index in [4.69, 9.17) is 10.5 Å². The van der Waals surface area contributed by atoms with E-state index in [0.717, 1.165) is 18.8 Å². The summed E-state index contributed by atoms with van der Waals surface area (Å²) in [7, 11) is 0. The van der Waals surface area contributed by atoms with Crippen LogP contribution in [0, 0.1) is 5.41 Å². The van der Waals surface area contributed by atoms with Crippen molar-refractivity contribution in [2.75, 3.05) is 30.3 Å². The van der Waals surface area contributed by atoms with Gasteiger partial charge in [-0.25, -0.2) is 4.79 Å². The zero-order valence-corrected chi connectivity index (χ0v) is 13.3. The van der Waals surface area contributed by atoms with Gasteiger partial charge >= 0.3 is 5.97 Å². The van der Waals surface area contributed by atoms with E-state index in [-0.39, 0.29) is 5.97 Å². The third-order valence-corrected chi connectivity index (χ3v) is 4.79. The van der Waals surface area contributed by atoms with E-state index in [1.54, 1.807) is 6.07 Å². The van der Waals surface area contributed by atoms with E-state index in [1.807, 2.05) is 19.1 Å². The van der Waals surface area contributed by atoms with Crippen molar-refractivity contribution in [2.45, 2.75) is 40.0 Å². The van der Waals surface area contributed by atoms with Crippen molar-refractivity contribution < 1.29 is 9.53 Å². The molecule has 0 saturated carbocycles. The van der Waals surface area contributed by atoms with E-state index >= 15 is 0 Å².